The highest BCUT2D eigenvalue weighted by molar-refractivity contribution is 5.94. The first-order chi connectivity index (χ1) is 9.58. The molecular weight excluding hydrogens is 254 g/mol. The highest BCUT2D eigenvalue weighted by Crippen LogP contribution is 2.12. The number of likely N-dealkylation sites (N-methyl/N-ethyl adjacent to an activating group) is 1. The van der Waals surface area contributed by atoms with Crippen molar-refractivity contribution in [1.29, 1.82) is 0 Å². The minimum Gasteiger partial charge on any atom is -0.484 e. The minimum atomic E-state index is -0.00315. The topological polar surface area (TPSA) is 46.6 Å². The molecule has 1 aromatic carbocycles. The smallest absolute Gasteiger partial charge is 0.260 e. The van der Waals surface area contributed by atoms with E-state index >= 15 is 0 Å². The van der Waals surface area contributed by atoms with Gasteiger partial charge in [-0.25, -0.2) is 0 Å². The number of ether oxygens (including phenoxy) is 1. The predicted octanol–water partition coefficient (Wildman–Crippen LogP) is 2.92. The normalized spacial score (nSPS) is 10.2. The lowest BCUT2D eigenvalue weighted by atomic mass is 10.1. The van der Waals surface area contributed by atoms with E-state index in [1.54, 1.807) is 29.2 Å². The maximum atomic E-state index is 12.0. The molecule has 110 valence electrons. The quantitative estimate of drug-likeness (QED) is 0.686. The zero-order valence-corrected chi connectivity index (χ0v) is 12.5. The van der Waals surface area contributed by atoms with Crippen LogP contribution in [0.15, 0.2) is 24.3 Å². The number of rotatable bonds is 8. The van der Waals surface area contributed by atoms with E-state index in [2.05, 4.69) is 6.92 Å². The summed E-state index contributed by atoms with van der Waals surface area (Å²) in [5.41, 5.74) is 0.641. The van der Waals surface area contributed by atoms with E-state index in [-0.39, 0.29) is 18.3 Å². The van der Waals surface area contributed by atoms with Gasteiger partial charge in [-0.1, -0.05) is 13.3 Å². The molecule has 0 bridgehead atoms. The molecule has 0 fully saturated rings. The van der Waals surface area contributed by atoms with Crippen molar-refractivity contribution in [2.24, 2.45) is 0 Å². The fourth-order valence-corrected chi connectivity index (χ4v) is 1.83. The summed E-state index contributed by atoms with van der Waals surface area (Å²) in [6.07, 6.45) is 2.07. The Kier molecular flexibility index (Phi) is 6.77. The molecule has 0 aliphatic rings. The van der Waals surface area contributed by atoms with Crippen LogP contribution in [-0.2, 0) is 4.79 Å². The molecule has 0 heterocycles. The van der Waals surface area contributed by atoms with Crippen LogP contribution in [-0.4, -0.2) is 36.3 Å². The average molecular weight is 277 g/mol. The molecule has 1 rings (SSSR count). The Morgan fingerprint density at radius 2 is 1.80 bits per heavy atom. The van der Waals surface area contributed by atoms with Gasteiger partial charge in [0.05, 0.1) is 0 Å². The predicted molar refractivity (Wildman–Crippen MR) is 79.1 cm³/mol. The molecule has 1 aromatic rings. The van der Waals surface area contributed by atoms with Gasteiger partial charge in [0.25, 0.3) is 5.91 Å². The molecule has 0 radical (unpaired) electrons. The Balaban J connectivity index is 2.49. The van der Waals surface area contributed by atoms with Crippen LogP contribution < -0.4 is 4.74 Å². The number of nitrogens with zero attached hydrogens (tertiary/aromatic N) is 1. The van der Waals surface area contributed by atoms with Crippen molar-refractivity contribution in [3.63, 3.8) is 0 Å². The summed E-state index contributed by atoms with van der Waals surface area (Å²) >= 11 is 0. The lowest BCUT2D eigenvalue weighted by molar-refractivity contribution is -0.133. The molecule has 0 unspecified atom stereocenters. The van der Waals surface area contributed by atoms with Crippen LogP contribution in [0.1, 0.15) is 44.0 Å². The lowest BCUT2D eigenvalue weighted by Gasteiger charge is -2.20. The highest BCUT2D eigenvalue weighted by Gasteiger charge is 2.11. The SMILES string of the molecule is CCCCN(CC)C(=O)COc1ccc(C(C)=O)cc1. The van der Waals surface area contributed by atoms with Crippen LogP contribution in [0.2, 0.25) is 0 Å². The first-order valence-electron chi connectivity index (χ1n) is 7.10. The number of hydrogen-bond donors (Lipinski definition) is 0. The molecule has 0 N–H and O–H groups in total. The Morgan fingerprint density at radius 1 is 1.15 bits per heavy atom. The summed E-state index contributed by atoms with van der Waals surface area (Å²) in [7, 11) is 0. The maximum absolute atomic E-state index is 12.0. The molecule has 0 aliphatic carbocycles. The Hall–Kier alpha value is -1.84. The zero-order chi connectivity index (χ0) is 15.0. The molecule has 20 heavy (non-hydrogen) atoms. The molecular formula is C16H23NO3. The van der Waals surface area contributed by atoms with Gasteiger partial charge in [0.1, 0.15) is 5.75 Å². The van der Waals surface area contributed by atoms with Crippen LogP contribution in [0.4, 0.5) is 0 Å². The van der Waals surface area contributed by atoms with E-state index in [4.69, 9.17) is 4.74 Å². The van der Waals surface area contributed by atoms with Gasteiger partial charge >= 0.3 is 0 Å². The number of unbranched alkanes of at least 4 members (excludes halogenated alkanes) is 1. The van der Waals surface area contributed by atoms with E-state index in [0.29, 0.717) is 17.9 Å². The van der Waals surface area contributed by atoms with Gasteiger partial charge < -0.3 is 9.64 Å². The largest absolute Gasteiger partial charge is 0.484 e. The molecule has 0 aromatic heterocycles. The fraction of sp³-hybridized carbons (Fsp3) is 0.500. The Labute approximate surface area is 120 Å². The summed E-state index contributed by atoms with van der Waals surface area (Å²) in [5, 5.41) is 0. The van der Waals surface area contributed by atoms with Gasteiger partial charge in [0.2, 0.25) is 0 Å². The van der Waals surface area contributed by atoms with Crippen molar-refractivity contribution in [3.8, 4) is 5.75 Å². The summed E-state index contributed by atoms with van der Waals surface area (Å²) in [5.74, 6) is 0.621. The van der Waals surface area contributed by atoms with Crippen molar-refractivity contribution in [2.75, 3.05) is 19.7 Å². The van der Waals surface area contributed by atoms with Crippen LogP contribution in [0.25, 0.3) is 0 Å². The van der Waals surface area contributed by atoms with E-state index < -0.39 is 0 Å². The second-order valence-corrected chi connectivity index (χ2v) is 4.70. The van der Waals surface area contributed by atoms with E-state index in [9.17, 15) is 9.59 Å². The van der Waals surface area contributed by atoms with Gasteiger partial charge in [-0.05, 0) is 44.5 Å². The third-order valence-corrected chi connectivity index (χ3v) is 3.14. The number of ketones is 1. The minimum absolute atomic E-state index is 0.00315. The molecule has 1 amide bonds. The van der Waals surface area contributed by atoms with Gasteiger partial charge in [-0.3, -0.25) is 9.59 Å². The molecule has 0 aliphatic heterocycles. The monoisotopic (exact) mass is 277 g/mol. The summed E-state index contributed by atoms with van der Waals surface area (Å²) < 4.78 is 5.46. The average Bonchev–Trinajstić information content (AvgIpc) is 2.46. The molecule has 0 saturated carbocycles. The van der Waals surface area contributed by atoms with Crippen LogP contribution in [0, 0.1) is 0 Å². The van der Waals surface area contributed by atoms with Crippen molar-refractivity contribution in [1.82, 2.24) is 4.90 Å². The van der Waals surface area contributed by atoms with Crippen LogP contribution in [0.5, 0.6) is 5.75 Å². The summed E-state index contributed by atoms with van der Waals surface area (Å²) in [4.78, 5) is 24.9. The number of amides is 1. The van der Waals surface area contributed by atoms with Gasteiger partial charge in [0, 0.05) is 18.7 Å². The zero-order valence-electron chi connectivity index (χ0n) is 12.5. The van der Waals surface area contributed by atoms with Gasteiger partial charge in [0.15, 0.2) is 12.4 Å². The third-order valence-electron chi connectivity index (χ3n) is 3.14. The van der Waals surface area contributed by atoms with Crippen molar-refractivity contribution < 1.29 is 14.3 Å². The molecule has 0 saturated heterocycles. The Morgan fingerprint density at radius 3 is 2.30 bits per heavy atom. The first kappa shape index (κ1) is 16.2. The number of carbonyl (C=O) groups excluding carboxylic acids is 2. The highest BCUT2D eigenvalue weighted by atomic mass is 16.5. The summed E-state index contributed by atoms with van der Waals surface area (Å²) in [6, 6.07) is 6.84. The lowest BCUT2D eigenvalue weighted by Crippen LogP contribution is -2.35. The number of carbonyl (C=O) groups is 2. The second kappa shape index (κ2) is 8.35. The van der Waals surface area contributed by atoms with E-state index in [0.717, 1.165) is 19.4 Å². The molecule has 0 atom stereocenters. The molecule has 4 nitrogen and oxygen atoms in total. The first-order valence-corrected chi connectivity index (χ1v) is 7.10. The van der Waals surface area contributed by atoms with Crippen molar-refractivity contribution in [2.45, 2.75) is 33.6 Å². The van der Waals surface area contributed by atoms with Crippen molar-refractivity contribution >= 4 is 11.7 Å². The van der Waals surface area contributed by atoms with Crippen LogP contribution >= 0.6 is 0 Å². The molecule has 4 heteroatoms. The van der Waals surface area contributed by atoms with Crippen molar-refractivity contribution in [3.05, 3.63) is 29.8 Å². The number of hydrogen-bond acceptors (Lipinski definition) is 3. The van der Waals surface area contributed by atoms with Gasteiger partial charge in [-0.2, -0.15) is 0 Å². The Bertz CT molecular complexity index is 440. The maximum Gasteiger partial charge on any atom is 0.260 e. The third kappa shape index (κ3) is 5.03. The number of benzene rings is 1. The van der Waals surface area contributed by atoms with E-state index in [1.165, 1.54) is 6.92 Å². The second-order valence-electron chi connectivity index (χ2n) is 4.70. The molecule has 0 spiro atoms. The fourth-order valence-electron chi connectivity index (χ4n) is 1.83. The number of Topliss-reactive ketones (excluding diaryl/α,β-unsaturated/α-hetero) is 1. The van der Waals surface area contributed by atoms with E-state index in [1.807, 2.05) is 6.92 Å². The van der Waals surface area contributed by atoms with Gasteiger partial charge in [-0.15, -0.1) is 0 Å². The summed E-state index contributed by atoms with van der Waals surface area (Å²) in [6.45, 7) is 7.10. The standard InChI is InChI=1S/C16H23NO3/c1-4-6-11-17(5-2)16(19)12-20-15-9-7-14(8-10-15)13(3)18/h7-10H,4-6,11-12H2,1-3H3. The van der Waals surface area contributed by atoms with Crippen LogP contribution in [0.3, 0.4) is 0 Å².